The first-order chi connectivity index (χ1) is 10.1. The van der Waals surface area contributed by atoms with Crippen LogP contribution < -0.4 is 10.5 Å². The van der Waals surface area contributed by atoms with Crippen molar-refractivity contribution < 1.29 is 18.6 Å². The molecule has 0 bridgehead atoms. The summed E-state index contributed by atoms with van der Waals surface area (Å²) in [6.45, 7) is 0.116. The van der Waals surface area contributed by atoms with E-state index in [2.05, 4.69) is 0 Å². The van der Waals surface area contributed by atoms with E-state index < -0.39 is 23.7 Å². The van der Waals surface area contributed by atoms with Crippen molar-refractivity contribution in [2.45, 2.75) is 12.0 Å². The van der Waals surface area contributed by atoms with Crippen LogP contribution in [0.25, 0.3) is 0 Å². The average molecular weight is 293 g/mol. The minimum absolute atomic E-state index is 0.0228. The van der Waals surface area contributed by atoms with Gasteiger partial charge in [-0.25, -0.2) is 8.78 Å². The highest BCUT2D eigenvalue weighted by molar-refractivity contribution is 5.34. The van der Waals surface area contributed by atoms with Crippen LogP contribution in [0.5, 0.6) is 5.75 Å². The fraction of sp³-hybridized carbons (Fsp3) is 0.250. The fourth-order valence-corrected chi connectivity index (χ4v) is 2.28. The first-order valence-corrected chi connectivity index (χ1v) is 6.54. The number of nitrogens with two attached hydrogens (primary N) is 1. The Balaban J connectivity index is 2.35. The second-order valence-corrected chi connectivity index (χ2v) is 4.73. The molecule has 0 spiro atoms. The van der Waals surface area contributed by atoms with E-state index in [1.165, 1.54) is 13.2 Å². The van der Waals surface area contributed by atoms with Crippen molar-refractivity contribution in [1.29, 1.82) is 0 Å². The van der Waals surface area contributed by atoms with Crippen LogP contribution in [-0.4, -0.2) is 18.8 Å². The number of aliphatic hydroxyl groups is 1. The minimum Gasteiger partial charge on any atom is -0.497 e. The normalized spacial score (nSPS) is 13.8. The average Bonchev–Trinajstić information content (AvgIpc) is 2.48. The molecule has 112 valence electrons. The van der Waals surface area contributed by atoms with Crippen molar-refractivity contribution in [2.24, 2.45) is 5.73 Å². The van der Waals surface area contributed by atoms with Gasteiger partial charge in [-0.1, -0.05) is 18.2 Å². The van der Waals surface area contributed by atoms with E-state index in [4.69, 9.17) is 10.5 Å². The third-order valence-corrected chi connectivity index (χ3v) is 3.44. The van der Waals surface area contributed by atoms with Gasteiger partial charge in [-0.05, 0) is 23.8 Å². The summed E-state index contributed by atoms with van der Waals surface area (Å²) in [6.07, 6.45) is -1.16. The maximum atomic E-state index is 13.8. The molecule has 0 radical (unpaired) electrons. The molecule has 0 fully saturated rings. The number of halogens is 2. The molecule has 0 amide bonds. The van der Waals surface area contributed by atoms with E-state index in [0.717, 1.165) is 17.7 Å². The van der Waals surface area contributed by atoms with E-state index in [9.17, 15) is 13.9 Å². The molecule has 0 aliphatic carbocycles. The molecule has 2 aromatic rings. The summed E-state index contributed by atoms with van der Waals surface area (Å²) < 4.78 is 31.9. The molecule has 5 heteroatoms. The molecule has 2 rings (SSSR count). The van der Waals surface area contributed by atoms with Crippen molar-refractivity contribution in [1.82, 2.24) is 0 Å². The maximum absolute atomic E-state index is 13.8. The standard InChI is InChI=1S/C16H17F2NO2/c1-21-12-4-2-3-10(7-12)14(9-19)16(20)13-6-5-11(17)8-15(13)18/h2-8,14,16,20H,9,19H2,1H3. The molecule has 2 atom stereocenters. The second-order valence-electron chi connectivity index (χ2n) is 4.73. The van der Waals surface area contributed by atoms with Crippen LogP contribution in [0.15, 0.2) is 42.5 Å². The van der Waals surface area contributed by atoms with Gasteiger partial charge in [0.1, 0.15) is 17.4 Å². The number of aliphatic hydroxyl groups excluding tert-OH is 1. The SMILES string of the molecule is COc1cccc(C(CN)C(O)c2ccc(F)cc2F)c1. The van der Waals surface area contributed by atoms with Gasteiger partial charge in [0.25, 0.3) is 0 Å². The Morgan fingerprint density at radius 2 is 1.95 bits per heavy atom. The smallest absolute Gasteiger partial charge is 0.131 e. The number of methoxy groups -OCH3 is 1. The Kier molecular flexibility index (Phi) is 4.88. The zero-order valence-corrected chi connectivity index (χ0v) is 11.6. The molecule has 0 aromatic heterocycles. The van der Waals surface area contributed by atoms with Gasteiger partial charge in [0, 0.05) is 24.1 Å². The first-order valence-electron chi connectivity index (χ1n) is 6.54. The van der Waals surface area contributed by atoms with Gasteiger partial charge in [0.05, 0.1) is 13.2 Å². The Morgan fingerprint density at radius 3 is 2.57 bits per heavy atom. The molecule has 3 N–H and O–H groups in total. The van der Waals surface area contributed by atoms with Crippen molar-refractivity contribution in [3.8, 4) is 5.75 Å². The summed E-state index contributed by atoms with van der Waals surface area (Å²) >= 11 is 0. The highest BCUT2D eigenvalue weighted by Crippen LogP contribution is 2.33. The molecule has 0 heterocycles. The molecular formula is C16H17F2NO2. The zero-order valence-electron chi connectivity index (χ0n) is 11.6. The largest absolute Gasteiger partial charge is 0.497 e. The van der Waals surface area contributed by atoms with Gasteiger partial charge in [-0.3, -0.25) is 0 Å². The lowest BCUT2D eigenvalue weighted by atomic mass is 9.89. The molecule has 0 aliphatic heterocycles. The lowest BCUT2D eigenvalue weighted by Gasteiger charge is -2.23. The summed E-state index contributed by atoms with van der Waals surface area (Å²) in [4.78, 5) is 0. The van der Waals surface area contributed by atoms with E-state index in [1.807, 2.05) is 0 Å². The van der Waals surface area contributed by atoms with Crippen LogP contribution in [0, 0.1) is 11.6 Å². The van der Waals surface area contributed by atoms with Gasteiger partial charge in [0.15, 0.2) is 0 Å². The van der Waals surface area contributed by atoms with E-state index in [1.54, 1.807) is 24.3 Å². The number of hydrogen-bond acceptors (Lipinski definition) is 3. The monoisotopic (exact) mass is 293 g/mol. The third kappa shape index (κ3) is 3.37. The second kappa shape index (κ2) is 6.65. The van der Waals surface area contributed by atoms with Crippen LogP contribution in [-0.2, 0) is 0 Å². The Hall–Kier alpha value is -1.98. The van der Waals surface area contributed by atoms with Crippen molar-refractivity contribution >= 4 is 0 Å². The first kappa shape index (κ1) is 15.4. The Bertz CT molecular complexity index is 619. The molecule has 21 heavy (non-hydrogen) atoms. The summed E-state index contributed by atoms with van der Waals surface area (Å²) in [5.41, 5.74) is 6.47. The van der Waals surface area contributed by atoms with Crippen molar-refractivity contribution in [2.75, 3.05) is 13.7 Å². The lowest BCUT2D eigenvalue weighted by Crippen LogP contribution is -2.21. The van der Waals surface area contributed by atoms with Gasteiger partial charge >= 0.3 is 0 Å². The topological polar surface area (TPSA) is 55.5 Å². The Labute approximate surface area is 122 Å². The van der Waals surface area contributed by atoms with E-state index >= 15 is 0 Å². The third-order valence-electron chi connectivity index (χ3n) is 3.44. The van der Waals surface area contributed by atoms with Crippen LogP contribution >= 0.6 is 0 Å². The molecule has 0 aliphatic rings. The summed E-state index contributed by atoms with van der Waals surface area (Å²) in [5, 5.41) is 10.4. The number of rotatable bonds is 5. The molecule has 2 unspecified atom stereocenters. The molecular weight excluding hydrogens is 276 g/mol. The predicted molar refractivity (Wildman–Crippen MR) is 76.1 cm³/mol. The Morgan fingerprint density at radius 1 is 1.19 bits per heavy atom. The van der Waals surface area contributed by atoms with Gasteiger partial charge in [-0.2, -0.15) is 0 Å². The minimum atomic E-state index is -1.16. The van der Waals surface area contributed by atoms with Crippen molar-refractivity contribution in [3.05, 3.63) is 65.2 Å². The van der Waals surface area contributed by atoms with Crippen LogP contribution in [0.3, 0.4) is 0 Å². The highest BCUT2D eigenvalue weighted by Gasteiger charge is 2.24. The number of ether oxygens (including phenoxy) is 1. The molecule has 2 aromatic carbocycles. The number of benzene rings is 2. The zero-order chi connectivity index (χ0) is 15.4. The maximum Gasteiger partial charge on any atom is 0.131 e. The summed E-state index contributed by atoms with van der Waals surface area (Å²) in [6, 6.07) is 10.1. The van der Waals surface area contributed by atoms with Gasteiger partial charge in [-0.15, -0.1) is 0 Å². The summed E-state index contributed by atoms with van der Waals surface area (Å²) in [7, 11) is 1.53. The van der Waals surface area contributed by atoms with Crippen LogP contribution in [0.1, 0.15) is 23.1 Å². The summed E-state index contributed by atoms with van der Waals surface area (Å²) in [5.74, 6) is -1.37. The van der Waals surface area contributed by atoms with Gasteiger partial charge < -0.3 is 15.6 Å². The van der Waals surface area contributed by atoms with Crippen LogP contribution in [0.4, 0.5) is 8.78 Å². The number of hydrogen-bond donors (Lipinski definition) is 2. The molecule has 3 nitrogen and oxygen atoms in total. The van der Waals surface area contributed by atoms with Crippen LogP contribution in [0.2, 0.25) is 0 Å². The fourth-order valence-electron chi connectivity index (χ4n) is 2.28. The van der Waals surface area contributed by atoms with E-state index in [0.29, 0.717) is 5.75 Å². The van der Waals surface area contributed by atoms with E-state index in [-0.39, 0.29) is 12.1 Å². The van der Waals surface area contributed by atoms with Crippen molar-refractivity contribution in [3.63, 3.8) is 0 Å². The quantitative estimate of drug-likeness (QED) is 0.891. The van der Waals surface area contributed by atoms with Gasteiger partial charge in [0.2, 0.25) is 0 Å². The predicted octanol–water partition coefficient (Wildman–Crippen LogP) is 2.75. The molecule has 0 saturated carbocycles. The lowest BCUT2D eigenvalue weighted by molar-refractivity contribution is 0.143. The molecule has 0 saturated heterocycles. The highest BCUT2D eigenvalue weighted by atomic mass is 19.1.